The highest BCUT2D eigenvalue weighted by Gasteiger charge is 2.09. The van der Waals surface area contributed by atoms with Gasteiger partial charge in [0.15, 0.2) is 5.58 Å². The lowest BCUT2D eigenvalue weighted by molar-refractivity contribution is 0.527. The number of nitrogens with two attached hydrogens (primary N) is 1. The molecular formula is C8H7BrN2O2. The topological polar surface area (TPSA) is 61.2 Å². The normalized spacial score (nSPS) is 10.9. The van der Waals surface area contributed by atoms with E-state index in [1.165, 1.54) is 4.57 Å². The molecule has 0 saturated heterocycles. The molecule has 2 N–H and O–H groups in total. The van der Waals surface area contributed by atoms with Gasteiger partial charge in [-0.2, -0.15) is 0 Å². The molecule has 4 nitrogen and oxygen atoms in total. The van der Waals surface area contributed by atoms with Crippen LogP contribution in [0.5, 0.6) is 0 Å². The van der Waals surface area contributed by atoms with Crippen LogP contribution >= 0.6 is 15.9 Å². The first-order valence-corrected chi connectivity index (χ1v) is 4.43. The van der Waals surface area contributed by atoms with E-state index in [-0.39, 0.29) is 5.76 Å². The van der Waals surface area contributed by atoms with Crippen LogP contribution in [-0.2, 0) is 7.05 Å². The van der Waals surface area contributed by atoms with Gasteiger partial charge in [-0.15, -0.1) is 0 Å². The Morgan fingerprint density at radius 3 is 2.92 bits per heavy atom. The zero-order chi connectivity index (χ0) is 9.59. The summed E-state index contributed by atoms with van der Waals surface area (Å²) >= 11 is 3.27. The van der Waals surface area contributed by atoms with Gasteiger partial charge >= 0.3 is 5.76 Å². The molecule has 0 aliphatic rings. The number of oxazole rings is 1. The number of hydrogen-bond donors (Lipinski definition) is 1. The third-order valence-electron chi connectivity index (χ3n) is 1.87. The molecular weight excluding hydrogens is 236 g/mol. The lowest BCUT2D eigenvalue weighted by Gasteiger charge is -1.96. The van der Waals surface area contributed by atoms with Crippen molar-refractivity contribution < 1.29 is 4.42 Å². The first-order valence-electron chi connectivity index (χ1n) is 3.64. The summed E-state index contributed by atoms with van der Waals surface area (Å²) in [6.07, 6.45) is 0. The van der Waals surface area contributed by atoms with E-state index in [9.17, 15) is 4.79 Å². The second-order valence-electron chi connectivity index (χ2n) is 2.78. The first kappa shape index (κ1) is 8.37. The van der Waals surface area contributed by atoms with Gasteiger partial charge in [-0.1, -0.05) is 0 Å². The van der Waals surface area contributed by atoms with Crippen molar-refractivity contribution in [3.63, 3.8) is 0 Å². The molecule has 2 aromatic rings. The molecule has 1 heterocycles. The van der Waals surface area contributed by atoms with E-state index in [2.05, 4.69) is 15.9 Å². The SMILES string of the molecule is Cn1c(=O)oc2c(Br)cc(N)cc21. The maximum atomic E-state index is 11.1. The highest BCUT2D eigenvalue weighted by Crippen LogP contribution is 2.25. The molecule has 68 valence electrons. The van der Waals surface area contributed by atoms with Gasteiger partial charge in [0.25, 0.3) is 0 Å². The molecule has 1 aromatic carbocycles. The second-order valence-corrected chi connectivity index (χ2v) is 3.63. The van der Waals surface area contributed by atoms with Gasteiger partial charge in [-0.25, -0.2) is 4.79 Å². The van der Waals surface area contributed by atoms with Crippen LogP contribution in [0.25, 0.3) is 11.1 Å². The number of nitrogen functional groups attached to an aromatic ring is 1. The predicted molar refractivity (Wildman–Crippen MR) is 53.6 cm³/mol. The van der Waals surface area contributed by atoms with Crippen LogP contribution in [0.1, 0.15) is 0 Å². The van der Waals surface area contributed by atoms with Crippen molar-refractivity contribution >= 4 is 32.7 Å². The largest absolute Gasteiger partial charge is 0.419 e. The molecule has 0 saturated carbocycles. The Labute approximate surface area is 82.1 Å². The lowest BCUT2D eigenvalue weighted by Crippen LogP contribution is -2.08. The standard InChI is InChI=1S/C8H7BrN2O2/c1-11-6-3-4(10)2-5(9)7(6)13-8(11)12/h2-3H,10H2,1H3. The molecule has 0 radical (unpaired) electrons. The van der Waals surface area contributed by atoms with Crippen LogP contribution in [0.2, 0.25) is 0 Å². The number of aromatic nitrogens is 1. The van der Waals surface area contributed by atoms with Crippen molar-refractivity contribution in [2.24, 2.45) is 7.05 Å². The van der Waals surface area contributed by atoms with E-state index < -0.39 is 0 Å². The van der Waals surface area contributed by atoms with E-state index in [1.807, 2.05) is 0 Å². The summed E-state index contributed by atoms with van der Waals surface area (Å²) in [6, 6.07) is 3.40. The van der Waals surface area contributed by atoms with Crippen molar-refractivity contribution in [3.8, 4) is 0 Å². The Hall–Kier alpha value is -1.23. The number of halogens is 1. The van der Waals surface area contributed by atoms with Crippen molar-refractivity contribution in [1.82, 2.24) is 4.57 Å². The Morgan fingerprint density at radius 2 is 2.23 bits per heavy atom. The van der Waals surface area contributed by atoms with E-state index >= 15 is 0 Å². The van der Waals surface area contributed by atoms with E-state index in [4.69, 9.17) is 10.2 Å². The minimum atomic E-state index is -0.388. The summed E-state index contributed by atoms with van der Waals surface area (Å²) in [5, 5.41) is 0. The lowest BCUT2D eigenvalue weighted by atomic mass is 10.3. The van der Waals surface area contributed by atoms with Crippen LogP contribution in [-0.4, -0.2) is 4.57 Å². The number of aryl methyl sites for hydroxylation is 1. The fourth-order valence-electron chi connectivity index (χ4n) is 1.20. The van der Waals surface area contributed by atoms with Gasteiger partial charge in [-0.3, -0.25) is 4.57 Å². The fourth-order valence-corrected chi connectivity index (χ4v) is 1.75. The molecule has 0 atom stereocenters. The smallest absolute Gasteiger partial charge is 0.406 e. The minimum absolute atomic E-state index is 0.388. The fraction of sp³-hybridized carbons (Fsp3) is 0.125. The second kappa shape index (κ2) is 2.63. The summed E-state index contributed by atoms with van der Waals surface area (Å²) in [7, 11) is 1.64. The number of nitrogens with zero attached hydrogens (tertiary/aromatic N) is 1. The Bertz CT molecular complexity index is 527. The molecule has 0 unspecified atom stereocenters. The summed E-state index contributed by atoms with van der Waals surface area (Å²) in [4.78, 5) is 11.1. The van der Waals surface area contributed by atoms with Gasteiger partial charge in [0.1, 0.15) is 0 Å². The first-order chi connectivity index (χ1) is 6.09. The quantitative estimate of drug-likeness (QED) is 0.713. The Kier molecular flexibility index (Phi) is 1.69. The summed E-state index contributed by atoms with van der Waals surface area (Å²) < 4.78 is 7.10. The van der Waals surface area contributed by atoms with E-state index in [1.54, 1.807) is 19.2 Å². The Morgan fingerprint density at radius 1 is 1.54 bits per heavy atom. The summed E-state index contributed by atoms with van der Waals surface area (Å²) in [5.41, 5.74) is 7.43. The number of hydrogen-bond acceptors (Lipinski definition) is 3. The molecule has 0 bridgehead atoms. The van der Waals surface area contributed by atoms with E-state index in [0.717, 1.165) is 0 Å². The third-order valence-corrected chi connectivity index (χ3v) is 2.46. The average Bonchev–Trinajstić information content (AvgIpc) is 2.32. The summed E-state index contributed by atoms with van der Waals surface area (Å²) in [6.45, 7) is 0. The number of benzene rings is 1. The van der Waals surface area contributed by atoms with Gasteiger partial charge in [0, 0.05) is 12.7 Å². The highest BCUT2D eigenvalue weighted by molar-refractivity contribution is 9.10. The third kappa shape index (κ3) is 1.16. The summed E-state index contributed by atoms with van der Waals surface area (Å²) in [5.74, 6) is -0.388. The monoisotopic (exact) mass is 242 g/mol. The van der Waals surface area contributed by atoms with Crippen LogP contribution in [0.15, 0.2) is 25.8 Å². The van der Waals surface area contributed by atoms with Gasteiger partial charge < -0.3 is 10.2 Å². The number of anilines is 1. The molecule has 1 aromatic heterocycles. The molecule has 0 aliphatic heterocycles. The highest BCUT2D eigenvalue weighted by atomic mass is 79.9. The minimum Gasteiger partial charge on any atom is -0.406 e. The van der Waals surface area contributed by atoms with Crippen LogP contribution in [0.3, 0.4) is 0 Å². The molecule has 13 heavy (non-hydrogen) atoms. The molecule has 2 rings (SSSR count). The zero-order valence-electron chi connectivity index (χ0n) is 6.87. The maximum absolute atomic E-state index is 11.1. The van der Waals surface area contributed by atoms with Crippen LogP contribution < -0.4 is 11.5 Å². The Balaban J connectivity index is 3.03. The molecule has 0 amide bonds. The van der Waals surface area contributed by atoms with Crippen LogP contribution in [0, 0.1) is 0 Å². The van der Waals surface area contributed by atoms with Crippen LogP contribution in [0.4, 0.5) is 5.69 Å². The molecule has 0 spiro atoms. The van der Waals surface area contributed by atoms with Gasteiger partial charge in [0.2, 0.25) is 0 Å². The molecule has 0 aliphatic carbocycles. The predicted octanol–water partition coefficient (Wildman–Crippen LogP) is 1.48. The van der Waals surface area contributed by atoms with Crippen molar-refractivity contribution in [2.75, 3.05) is 5.73 Å². The van der Waals surface area contributed by atoms with Gasteiger partial charge in [0.05, 0.1) is 9.99 Å². The van der Waals surface area contributed by atoms with Crippen molar-refractivity contribution in [1.29, 1.82) is 0 Å². The van der Waals surface area contributed by atoms with Gasteiger partial charge in [-0.05, 0) is 28.1 Å². The molecule has 0 fully saturated rings. The number of rotatable bonds is 0. The zero-order valence-corrected chi connectivity index (χ0v) is 8.46. The average molecular weight is 243 g/mol. The van der Waals surface area contributed by atoms with Crippen molar-refractivity contribution in [2.45, 2.75) is 0 Å². The maximum Gasteiger partial charge on any atom is 0.419 e. The van der Waals surface area contributed by atoms with E-state index in [0.29, 0.717) is 21.3 Å². The number of fused-ring (bicyclic) bond motifs is 1. The van der Waals surface area contributed by atoms with Crippen molar-refractivity contribution in [3.05, 3.63) is 27.2 Å². The molecule has 5 heteroatoms.